The van der Waals surface area contributed by atoms with Crippen LogP contribution in [0.1, 0.15) is 11.1 Å². The number of carbonyl (C=O) groups excluding carboxylic acids is 1. The van der Waals surface area contributed by atoms with E-state index < -0.39 is 32.0 Å². The lowest BCUT2D eigenvalue weighted by molar-refractivity contribution is -0.119. The topological polar surface area (TPSA) is 143 Å². The predicted octanol–water partition coefficient (Wildman–Crippen LogP) is 1.48. The largest absolute Gasteiger partial charge is 0.494 e. The lowest BCUT2D eigenvalue weighted by atomic mass is 9.79. The zero-order chi connectivity index (χ0) is 33.4. The molecule has 3 aliphatic rings. The number of aliphatic hydroxyl groups is 2. The number of amides is 1. The summed E-state index contributed by atoms with van der Waals surface area (Å²) in [6, 6.07) is 22.8. The van der Waals surface area contributed by atoms with Gasteiger partial charge in [0.25, 0.3) is 0 Å². The van der Waals surface area contributed by atoms with Gasteiger partial charge in [-0.15, -0.1) is 0 Å². The SMILES string of the molecule is CN1CCN(CC(=O)N(C)c2ccc(N=C(c3ccccc3)c3c(O)[nH]c4cc(B5O[C@H]6[C@@H]([C@H](O)CO)OC[C@@H]6O5)ccc34)cc2)CC1. The fraction of sp³-hybridized carbons (Fsp3) is 0.371. The Bertz CT molecular complexity index is 1780. The van der Waals surface area contributed by atoms with E-state index in [2.05, 4.69) is 21.8 Å². The van der Waals surface area contributed by atoms with Crippen LogP contribution in [0.5, 0.6) is 5.88 Å². The molecule has 0 unspecified atom stereocenters. The highest BCUT2D eigenvalue weighted by Gasteiger charge is 2.51. The number of likely N-dealkylation sites (N-methyl/N-ethyl adjacent to an activating group) is 2. The first-order valence-electron chi connectivity index (χ1n) is 16.3. The number of aromatic hydroxyl groups is 1. The van der Waals surface area contributed by atoms with Gasteiger partial charge in [-0.3, -0.25) is 9.69 Å². The summed E-state index contributed by atoms with van der Waals surface area (Å²) < 4.78 is 17.8. The van der Waals surface area contributed by atoms with Crippen molar-refractivity contribution < 1.29 is 34.2 Å². The number of nitrogens with one attached hydrogen (secondary N) is 1. The van der Waals surface area contributed by atoms with E-state index in [4.69, 9.17) is 19.0 Å². The summed E-state index contributed by atoms with van der Waals surface area (Å²) in [5, 5.41) is 31.6. The number of hydrogen-bond donors (Lipinski definition) is 4. The summed E-state index contributed by atoms with van der Waals surface area (Å²) in [5.41, 5.74) is 4.82. The highest BCUT2D eigenvalue weighted by atomic mass is 16.7. The highest BCUT2D eigenvalue weighted by Crippen LogP contribution is 2.33. The van der Waals surface area contributed by atoms with Crippen LogP contribution in [0.3, 0.4) is 0 Å². The van der Waals surface area contributed by atoms with Crippen molar-refractivity contribution in [1.82, 2.24) is 14.8 Å². The summed E-state index contributed by atoms with van der Waals surface area (Å²) in [7, 11) is 3.20. The third-order valence-corrected chi connectivity index (χ3v) is 9.45. The number of piperazine rings is 1. The fourth-order valence-corrected chi connectivity index (χ4v) is 6.59. The maximum atomic E-state index is 13.0. The Labute approximate surface area is 279 Å². The van der Waals surface area contributed by atoms with Gasteiger partial charge in [-0.05, 0) is 42.8 Å². The van der Waals surface area contributed by atoms with Gasteiger partial charge in [0.05, 0.1) is 48.9 Å². The Morgan fingerprint density at radius 2 is 1.81 bits per heavy atom. The maximum absolute atomic E-state index is 13.0. The first-order valence-corrected chi connectivity index (χ1v) is 16.3. The van der Waals surface area contributed by atoms with E-state index in [9.17, 15) is 20.1 Å². The van der Waals surface area contributed by atoms with Crippen molar-refractivity contribution in [3.05, 3.63) is 83.9 Å². The monoisotopic (exact) mass is 653 g/mol. The third kappa shape index (κ3) is 6.50. The maximum Gasteiger partial charge on any atom is 0.494 e. The van der Waals surface area contributed by atoms with Gasteiger partial charge in [-0.2, -0.15) is 0 Å². The Morgan fingerprint density at radius 3 is 2.54 bits per heavy atom. The van der Waals surface area contributed by atoms with E-state index in [1.165, 1.54) is 0 Å². The Hall–Kier alpha value is -4.08. The number of fused-ring (bicyclic) bond motifs is 2. The molecule has 0 spiro atoms. The van der Waals surface area contributed by atoms with Crippen molar-refractivity contribution in [3.8, 4) is 5.88 Å². The Balaban J connectivity index is 1.14. The van der Waals surface area contributed by atoms with Crippen molar-refractivity contribution in [2.75, 3.05) is 64.9 Å². The van der Waals surface area contributed by atoms with Crippen LogP contribution >= 0.6 is 0 Å². The summed E-state index contributed by atoms with van der Waals surface area (Å²) >= 11 is 0. The first kappa shape index (κ1) is 32.5. The molecule has 48 heavy (non-hydrogen) atoms. The van der Waals surface area contributed by atoms with Crippen LogP contribution in [-0.4, -0.2) is 133 Å². The number of ether oxygens (including phenoxy) is 1. The number of benzene rings is 3. The molecule has 0 saturated carbocycles. The van der Waals surface area contributed by atoms with Crippen molar-refractivity contribution >= 4 is 46.5 Å². The zero-order valence-electron chi connectivity index (χ0n) is 27.0. The van der Waals surface area contributed by atoms with E-state index in [1.54, 1.807) is 11.9 Å². The minimum absolute atomic E-state index is 0.0275. The third-order valence-electron chi connectivity index (χ3n) is 9.45. The molecule has 3 aromatic carbocycles. The Kier molecular flexibility index (Phi) is 9.34. The molecule has 1 amide bonds. The summed E-state index contributed by atoms with van der Waals surface area (Å²) in [4.78, 5) is 27.3. The molecule has 1 aromatic heterocycles. The number of nitrogens with zero attached hydrogens (tertiary/aromatic N) is 4. The van der Waals surface area contributed by atoms with Gasteiger partial charge in [0, 0.05) is 55.4 Å². The number of rotatable bonds is 9. The summed E-state index contributed by atoms with van der Waals surface area (Å²) in [6.07, 6.45) is -2.59. The highest BCUT2D eigenvalue weighted by molar-refractivity contribution is 6.62. The van der Waals surface area contributed by atoms with Crippen LogP contribution in [0, 0.1) is 0 Å². The lowest BCUT2D eigenvalue weighted by Gasteiger charge is -2.32. The molecule has 12 nitrogen and oxygen atoms in total. The van der Waals surface area contributed by atoms with Crippen LogP contribution < -0.4 is 10.4 Å². The molecule has 0 bridgehead atoms. The summed E-state index contributed by atoms with van der Waals surface area (Å²) in [6.45, 7) is 3.89. The van der Waals surface area contributed by atoms with Crippen LogP contribution in [0.4, 0.5) is 11.4 Å². The average Bonchev–Trinajstić information content (AvgIpc) is 3.80. The van der Waals surface area contributed by atoms with E-state index in [0.717, 1.165) is 48.3 Å². The molecule has 13 heteroatoms. The summed E-state index contributed by atoms with van der Waals surface area (Å²) in [5.74, 6) is 0.0108. The molecule has 3 aliphatic heterocycles. The molecule has 4 atom stereocenters. The van der Waals surface area contributed by atoms with Gasteiger partial charge in [0.15, 0.2) is 5.88 Å². The van der Waals surface area contributed by atoms with Gasteiger partial charge < -0.3 is 44.1 Å². The average molecular weight is 654 g/mol. The van der Waals surface area contributed by atoms with Crippen molar-refractivity contribution in [2.45, 2.75) is 24.4 Å². The van der Waals surface area contributed by atoms with E-state index in [-0.39, 0.29) is 24.5 Å². The molecule has 4 N–H and O–H groups in total. The van der Waals surface area contributed by atoms with Crippen molar-refractivity contribution in [3.63, 3.8) is 0 Å². The van der Waals surface area contributed by atoms with E-state index >= 15 is 0 Å². The predicted molar refractivity (Wildman–Crippen MR) is 183 cm³/mol. The number of aliphatic hydroxyl groups excluding tert-OH is 2. The zero-order valence-corrected chi connectivity index (χ0v) is 27.0. The second kappa shape index (κ2) is 13.8. The number of aliphatic imine (C=N–C) groups is 1. The number of anilines is 1. The molecule has 3 fully saturated rings. The molecule has 3 saturated heterocycles. The van der Waals surface area contributed by atoms with Crippen molar-refractivity contribution in [1.29, 1.82) is 0 Å². The standard InChI is InChI=1S/C35H40BN5O7/c1-39-14-16-41(17-15-39)19-30(44)40(2)25-11-9-24(10-12-25)37-32(22-6-4-3-5-7-22)31-26-13-8-23(18-27(26)38-35(31)45)36-47-29-21-46-33(28(43)20-42)34(29)48-36/h3-13,18,28-29,33-34,38,42-43,45H,14-17,19-21H2,1-2H3/t28-,29+,33-,34-/m1/s1. The quantitative estimate of drug-likeness (QED) is 0.156. The van der Waals surface area contributed by atoms with Crippen LogP contribution in [0.2, 0.25) is 0 Å². The van der Waals surface area contributed by atoms with Gasteiger partial charge in [0.1, 0.15) is 12.2 Å². The molecule has 0 radical (unpaired) electrons. The Morgan fingerprint density at radius 1 is 1.06 bits per heavy atom. The molecule has 250 valence electrons. The van der Waals surface area contributed by atoms with Gasteiger partial charge >= 0.3 is 7.12 Å². The number of carbonyl (C=O) groups is 1. The molecule has 0 aliphatic carbocycles. The minimum Gasteiger partial charge on any atom is -0.494 e. The second-order valence-corrected chi connectivity index (χ2v) is 12.7. The molecular formula is C35H40BN5O7. The number of hydrogen-bond acceptors (Lipinski definition) is 10. The van der Waals surface area contributed by atoms with Gasteiger partial charge in [-0.25, -0.2) is 4.99 Å². The van der Waals surface area contributed by atoms with E-state index in [0.29, 0.717) is 29.0 Å². The number of aromatic nitrogens is 1. The van der Waals surface area contributed by atoms with Gasteiger partial charge in [-0.1, -0.05) is 42.5 Å². The van der Waals surface area contributed by atoms with Crippen LogP contribution in [0.15, 0.2) is 77.8 Å². The first-order chi connectivity index (χ1) is 23.3. The van der Waals surface area contributed by atoms with E-state index in [1.807, 2.05) is 72.8 Å². The second-order valence-electron chi connectivity index (χ2n) is 12.7. The lowest BCUT2D eigenvalue weighted by Crippen LogP contribution is -2.48. The minimum atomic E-state index is -1.06. The fourth-order valence-electron chi connectivity index (χ4n) is 6.59. The van der Waals surface area contributed by atoms with Crippen LogP contribution in [-0.2, 0) is 18.8 Å². The molecule has 4 heterocycles. The van der Waals surface area contributed by atoms with Gasteiger partial charge in [0.2, 0.25) is 5.91 Å². The van der Waals surface area contributed by atoms with Crippen molar-refractivity contribution in [2.24, 2.45) is 4.99 Å². The normalized spacial score (nSPS) is 22.7. The number of aromatic amines is 1. The molecule has 7 rings (SSSR count). The van der Waals surface area contributed by atoms with Crippen LogP contribution in [0.25, 0.3) is 10.9 Å². The number of H-pyrrole nitrogens is 1. The molecule has 4 aromatic rings. The smallest absolute Gasteiger partial charge is 0.494 e. The molecular weight excluding hydrogens is 613 g/mol.